The van der Waals surface area contributed by atoms with Gasteiger partial charge < -0.3 is 10.1 Å². The average Bonchev–Trinajstić information content (AvgIpc) is 3.18. The summed E-state index contributed by atoms with van der Waals surface area (Å²) >= 11 is 1.37. The van der Waals surface area contributed by atoms with Crippen LogP contribution >= 0.6 is 11.3 Å². The fourth-order valence-corrected chi connectivity index (χ4v) is 3.77. The topological polar surface area (TPSA) is 85.6 Å². The summed E-state index contributed by atoms with van der Waals surface area (Å²) < 4.78 is 20.8. The van der Waals surface area contributed by atoms with Gasteiger partial charge in [-0.05, 0) is 24.3 Å². The zero-order valence-corrected chi connectivity index (χ0v) is 17.6. The first-order chi connectivity index (χ1) is 14.9. The van der Waals surface area contributed by atoms with Crippen molar-refractivity contribution >= 4 is 27.9 Å². The number of benzene rings is 2. The molecular weight excluding hydrogens is 419 g/mol. The number of carbonyl (C=O) groups excluding carboxylic acids is 1. The van der Waals surface area contributed by atoms with E-state index in [4.69, 9.17) is 4.74 Å². The molecule has 0 saturated carbocycles. The second-order valence-corrected chi connectivity index (χ2v) is 8.11. The molecule has 0 atom stereocenters. The highest BCUT2D eigenvalue weighted by Crippen LogP contribution is 2.21. The van der Waals surface area contributed by atoms with Crippen LogP contribution in [0.1, 0.15) is 40.8 Å². The molecule has 0 bridgehead atoms. The molecule has 0 aliphatic carbocycles. The lowest BCUT2D eigenvalue weighted by Gasteiger charge is -2.09. The first kappa shape index (κ1) is 20.7. The van der Waals surface area contributed by atoms with E-state index in [-0.39, 0.29) is 23.6 Å². The minimum atomic E-state index is -0.594. The van der Waals surface area contributed by atoms with Crippen molar-refractivity contribution in [2.45, 2.75) is 26.4 Å². The molecule has 0 radical (unpaired) electrons. The maximum Gasteiger partial charge on any atom is 0.275 e. The number of anilines is 1. The number of nitrogens with one attached hydrogen (secondary N) is 1. The van der Waals surface area contributed by atoms with E-state index in [1.165, 1.54) is 40.1 Å². The van der Waals surface area contributed by atoms with Gasteiger partial charge in [-0.25, -0.2) is 9.37 Å². The summed E-state index contributed by atoms with van der Waals surface area (Å²) in [6, 6.07) is 13.9. The maximum atomic E-state index is 13.8. The lowest BCUT2D eigenvalue weighted by Crippen LogP contribution is -2.16. The number of rotatable bonds is 6. The predicted molar refractivity (Wildman–Crippen MR) is 116 cm³/mol. The SMILES string of the molecule is CC(C)c1nn2c(=O)cc(COc3cccc(NC(=O)c4ccccc4F)c3)nc2s1. The number of nitrogens with zero attached hydrogens (tertiary/aromatic N) is 3. The molecule has 0 unspecified atom stereocenters. The molecule has 0 spiro atoms. The Morgan fingerprint density at radius 1 is 1.19 bits per heavy atom. The molecule has 4 aromatic rings. The Morgan fingerprint density at radius 2 is 2.00 bits per heavy atom. The van der Waals surface area contributed by atoms with Crippen LogP contribution in [0, 0.1) is 5.82 Å². The quantitative estimate of drug-likeness (QED) is 0.487. The Bertz CT molecular complexity index is 1320. The van der Waals surface area contributed by atoms with Crippen LogP contribution < -0.4 is 15.6 Å². The van der Waals surface area contributed by atoms with Crippen molar-refractivity contribution in [3.63, 3.8) is 0 Å². The zero-order valence-electron chi connectivity index (χ0n) is 16.8. The van der Waals surface area contributed by atoms with Crippen molar-refractivity contribution in [3.05, 3.63) is 87.0 Å². The van der Waals surface area contributed by atoms with Gasteiger partial charge >= 0.3 is 0 Å². The van der Waals surface area contributed by atoms with Crippen LogP contribution in [0.2, 0.25) is 0 Å². The van der Waals surface area contributed by atoms with Gasteiger partial charge in [-0.2, -0.15) is 9.61 Å². The Morgan fingerprint density at radius 3 is 2.77 bits per heavy atom. The molecule has 0 saturated heterocycles. The highest BCUT2D eigenvalue weighted by molar-refractivity contribution is 7.16. The zero-order chi connectivity index (χ0) is 22.0. The van der Waals surface area contributed by atoms with Gasteiger partial charge in [0.25, 0.3) is 11.5 Å². The Balaban J connectivity index is 1.47. The lowest BCUT2D eigenvalue weighted by atomic mass is 10.2. The smallest absolute Gasteiger partial charge is 0.275 e. The molecule has 31 heavy (non-hydrogen) atoms. The minimum Gasteiger partial charge on any atom is -0.487 e. The molecule has 4 rings (SSSR count). The van der Waals surface area contributed by atoms with Crippen molar-refractivity contribution in [3.8, 4) is 5.75 Å². The summed E-state index contributed by atoms with van der Waals surface area (Å²) in [5.74, 6) is -0.473. The van der Waals surface area contributed by atoms with E-state index in [1.807, 2.05) is 13.8 Å². The molecule has 9 heteroatoms. The molecule has 1 amide bonds. The number of carbonyl (C=O) groups is 1. The van der Waals surface area contributed by atoms with Crippen LogP contribution in [-0.4, -0.2) is 20.5 Å². The minimum absolute atomic E-state index is 0.0443. The lowest BCUT2D eigenvalue weighted by molar-refractivity contribution is 0.102. The molecule has 1 N–H and O–H groups in total. The van der Waals surface area contributed by atoms with Crippen LogP contribution in [0.15, 0.2) is 59.4 Å². The third-order valence-corrected chi connectivity index (χ3v) is 5.61. The van der Waals surface area contributed by atoms with E-state index in [0.717, 1.165) is 5.01 Å². The number of hydrogen-bond donors (Lipinski definition) is 1. The van der Waals surface area contributed by atoms with Crippen molar-refractivity contribution < 1.29 is 13.9 Å². The Hall–Kier alpha value is -3.59. The molecule has 2 aromatic carbocycles. The van der Waals surface area contributed by atoms with Gasteiger partial charge in [0.2, 0.25) is 4.96 Å². The summed E-state index contributed by atoms with van der Waals surface area (Å²) in [4.78, 5) is 29.6. The van der Waals surface area contributed by atoms with Crippen molar-refractivity contribution in [1.82, 2.24) is 14.6 Å². The van der Waals surface area contributed by atoms with Crippen LogP contribution in [0.5, 0.6) is 5.75 Å². The molecule has 2 aromatic heterocycles. The van der Waals surface area contributed by atoms with Crippen molar-refractivity contribution in [2.24, 2.45) is 0 Å². The van der Waals surface area contributed by atoms with Gasteiger partial charge in [-0.3, -0.25) is 9.59 Å². The second kappa shape index (κ2) is 8.65. The second-order valence-electron chi connectivity index (χ2n) is 7.13. The van der Waals surface area contributed by atoms with Crippen molar-refractivity contribution in [2.75, 3.05) is 5.32 Å². The average molecular weight is 438 g/mol. The highest BCUT2D eigenvalue weighted by Gasteiger charge is 2.13. The molecule has 2 heterocycles. The molecule has 0 aliphatic heterocycles. The fourth-order valence-electron chi connectivity index (χ4n) is 2.84. The molecule has 158 valence electrons. The van der Waals surface area contributed by atoms with Crippen molar-refractivity contribution in [1.29, 1.82) is 0 Å². The molecular formula is C22H19FN4O3S. The van der Waals surface area contributed by atoms with Crippen LogP contribution in [0.3, 0.4) is 0 Å². The summed E-state index contributed by atoms with van der Waals surface area (Å²) in [6.07, 6.45) is 0. The Kier molecular flexibility index (Phi) is 5.77. The summed E-state index contributed by atoms with van der Waals surface area (Å²) in [7, 11) is 0. The number of halogens is 1. The Labute approximate surface area is 181 Å². The van der Waals surface area contributed by atoms with Gasteiger partial charge in [0.15, 0.2) is 0 Å². The maximum absolute atomic E-state index is 13.8. The predicted octanol–water partition coefficient (Wildman–Crippen LogP) is 4.24. The van der Waals surface area contributed by atoms with E-state index in [2.05, 4.69) is 15.4 Å². The third kappa shape index (κ3) is 4.61. The van der Waals surface area contributed by atoms with Gasteiger partial charge in [-0.15, -0.1) is 0 Å². The first-order valence-corrected chi connectivity index (χ1v) is 10.4. The molecule has 0 fully saturated rings. The number of aromatic nitrogens is 3. The summed E-state index contributed by atoms with van der Waals surface area (Å²) in [6.45, 7) is 4.08. The van der Waals surface area contributed by atoms with E-state index in [0.29, 0.717) is 22.1 Å². The van der Waals surface area contributed by atoms with E-state index in [9.17, 15) is 14.0 Å². The summed E-state index contributed by atoms with van der Waals surface area (Å²) in [5.41, 5.74) is 0.623. The van der Waals surface area contributed by atoms with Gasteiger partial charge in [0, 0.05) is 23.7 Å². The monoisotopic (exact) mass is 438 g/mol. The molecule has 0 aliphatic rings. The number of ether oxygens (including phenoxy) is 1. The largest absolute Gasteiger partial charge is 0.487 e. The summed E-state index contributed by atoms with van der Waals surface area (Å²) in [5, 5.41) is 7.78. The van der Waals surface area contributed by atoms with Crippen LogP contribution in [0.25, 0.3) is 4.96 Å². The number of amides is 1. The van der Waals surface area contributed by atoms with Crippen LogP contribution in [-0.2, 0) is 6.61 Å². The van der Waals surface area contributed by atoms with Gasteiger partial charge in [0.05, 0.1) is 11.3 Å². The highest BCUT2D eigenvalue weighted by atomic mass is 32.1. The van der Waals surface area contributed by atoms with E-state index >= 15 is 0 Å². The number of hydrogen-bond acceptors (Lipinski definition) is 6. The van der Waals surface area contributed by atoms with E-state index in [1.54, 1.807) is 30.3 Å². The number of fused-ring (bicyclic) bond motifs is 1. The van der Waals surface area contributed by atoms with Gasteiger partial charge in [0.1, 0.15) is 23.2 Å². The van der Waals surface area contributed by atoms with Gasteiger partial charge in [-0.1, -0.05) is 43.4 Å². The van der Waals surface area contributed by atoms with Crippen LogP contribution in [0.4, 0.5) is 10.1 Å². The normalized spacial score (nSPS) is 11.1. The standard InChI is InChI=1S/C22H19FN4O3S/c1-13(2)21-26-27-19(28)11-15(25-22(27)31-21)12-30-16-7-5-6-14(10-16)24-20(29)17-8-3-4-9-18(17)23/h3-11,13H,12H2,1-2H3,(H,24,29). The first-order valence-electron chi connectivity index (χ1n) is 9.59. The van der Waals surface area contributed by atoms with E-state index < -0.39 is 11.7 Å². The molecule has 7 nitrogen and oxygen atoms in total. The fraction of sp³-hybridized carbons (Fsp3) is 0.182. The third-order valence-electron chi connectivity index (χ3n) is 4.40.